The van der Waals surface area contributed by atoms with E-state index in [0.717, 1.165) is 56.9 Å². The van der Waals surface area contributed by atoms with Gasteiger partial charge in [0.15, 0.2) is 11.5 Å². The molecule has 2 aliphatic heterocycles. The van der Waals surface area contributed by atoms with Crippen LogP contribution in [0, 0.1) is 0 Å². The molecule has 6 rings (SSSR count). The molecule has 216 valence electrons. The van der Waals surface area contributed by atoms with Crippen molar-refractivity contribution in [2.75, 3.05) is 39.7 Å². The van der Waals surface area contributed by atoms with Gasteiger partial charge in [-0.3, -0.25) is 4.79 Å². The highest BCUT2D eigenvalue weighted by atomic mass is 33.1. The fraction of sp³-hybridized carbons (Fsp3) is 0.387. The molecule has 0 amide bonds. The molecular weight excluding hydrogens is 562 g/mol. The maximum absolute atomic E-state index is 11.9. The number of hydrogen-bond acceptors (Lipinski definition) is 10. The Hall–Kier alpha value is -3.21. The molecule has 3 aliphatic rings. The molecule has 0 saturated heterocycles. The normalized spacial score (nSPS) is 20.2. The number of carbonyl (C=O) groups excluding carboxylic acids is 1. The first-order valence-electron chi connectivity index (χ1n) is 13.6. The van der Waals surface area contributed by atoms with Gasteiger partial charge >= 0.3 is 5.97 Å². The Labute approximate surface area is 247 Å². The van der Waals surface area contributed by atoms with Crippen molar-refractivity contribution in [3.8, 4) is 39.9 Å². The van der Waals surface area contributed by atoms with E-state index >= 15 is 0 Å². The fourth-order valence-corrected chi connectivity index (χ4v) is 8.54. The number of nitrogens with one attached hydrogen (secondary N) is 1. The van der Waals surface area contributed by atoms with Gasteiger partial charge in [0, 0.05) is 59.2 Å². The van der Waals surface area contributed by atoms with E-state index in [9.17, 15) is 15.0 Å². The Morgan fingerprint density at radius 2 is 1.95 bits per heavy atom. The lowest BCUT2D eigenvalue weighted by molar-refractivity contribution is -0.141. The molecule has 41 heavy (non-hydrogen) atoms. The second-order valence-corrected chi connectivity index (χ2v) is 13.0. The molecule has 8 nitrogen and oxygen atoms in total. The smallest absolute Gasteiger partial charge is 0.302 e. The van der Waals surface area contributed by atoms with Crippen molar-refractivity contribution in [1.82, 2.24) is 5.32 Å². The lowest BCUT2D eigenvalue weighted by atomic mass is 9.77. The first-order valence-corrected chi connectivity index (χ1v) is 16.1. The second-order valence-electron chi connectivity index (χ2n) is 10.5. The zero-order chi connectivity index (χ0) is 28.7. The van der Waals surface area contributed by atoms with Gasteiger partial charge in [0.05, 0.1) is 13.0 Å². The number of rotatable bonds is 7. The largest absolute Gasteiger partial charge is 0.508 e. The number of fused-ring (bicyclic) bond motifs is 5. The molecule has 3 aromatic carbocycles. The van der Waals surface area contributed by atoms with E-state index in [-0.39, 0.29) is 35.9 Å². The number of phenolic OH excluding ortho intramolecular Hbond substituents is 2. The van der Waals surface area contributed by atoms with E-state index in [2.05, 4.69) is 17.4 Å². The summed E-state index contributed by atoms with van der Waals surface area (Å²) in [4.78, 5) is 11.9. The molecule has 0 unspecified atom stereocenters. The average Bonchev–Trinajstić information content (AvgIpc) is 3.31. The number of benzene rings is 3. The van der Waals surface area contributed by atoms with Gasteiger partial charge in [0.1, 0.15) is 36.6 Å². The minimum atomic E-state index is -0.439. The first kappa shape index (κ1) is 27.9. The van der Waals surface area contributed by atoms with Crippen molar-refractivity contribution >= 4 is 27.6 Å². The number of likely N-dealkylation sites (N-methyl/N-ethyl adjacent to an activating group) is 1. The van der Waals surface area contributed by atoms with Crippen molar-refractivity contribution in [1.29, 1.82) is 0 Å². The SMILES string of the molecule is CNCCOc1cc2c(cc1O)CSSC[C@H]1Cc3cc(O)cc(OC)c3-c3ccc4c(c31)O[C@H]2[C@H]4COC(C)=O. The van der Waals surface area contributed by atoms with Crippen molar-refractivity contribution < 1.29 is 34.0 Å². The molecule has 0 radical (unpaired) electrons. The maximum atomic E-state index is 11.9. The molecule has 0 saturated carbocycles. The van der Waals surface area contributed by atoms with Crippen molar-refractivity contribution in [3.63, 3.8) is 0 Å². The highest BCUT2D eigenvalue weighted by molar-refractivity contribution is 8.76. The van der Waals surface area contributed by atoms with Crippen molar-refractivity contribution in [2.45, 2.75) is 37.0 Å². The van der Waals surface area contributed by atoms with E-state index in [0.29, 0.717) is 30.4 Å². The molecule has 0 spiro atoms. The molecular formula is C31H33NO7S2. The number of carbonyl (C=O) groups is 1. The van der Waals surface area contributed by atoms with Crippen LogP contribution < -0.4 is 19.5 Å². The van der Waals surface area contributed by atoms with Gasteiger partial charge in [-0.15, -0.1) is 0 Å². The van der Waals surface area contributed by atoms with Gasteiger partial charge in [0.25, 0.3) is 0 Å². The second kappa shape index (κ2) is 11.6. The van der Waals surface area contributed by atoms with Crippen LogP contribution in [0.25, 0.3) is 11.1 Å². The summed E-state index contributed by atoms with van der Waals surface area (Å²) in [5, 5.41) is 24.3. The summed E-state index contributed by atoms with van der Waals surface area (Å²) >= 11 is 0. The van der Waals surface area contributed by atoms with Crippen LogP contribution in [0.2, 0.25) is 0 Å². The topological polar surface area (TPSA) is 106 Å². The van der Waals surface area contributed by atoms with E-state index < -0.39 is 6.10 Å². The van der Waals surface area contributed by atoms with Gasteiger partial charge in [-0.1, -0.05) is 33.7 Å². The molecule has 0 fully saturated rings. The lowest BCUT2D eigenvalue weighted by Crippen LogP contribution is -2.19. The highest BCUT2D eigenvalue weighted by Gasteiger charge is 2.43. The van der Waals surface area contributed by atoms with E-state index in [1.165, 1.54) is 6.92 Å². The van der Waals surface area contributed by atoms with E-state index in [4.69, 9.17) is 18.9 Å². The zero-order valence-electron chi connectivity index (χ0n) is 23.2. The summed E-state index contributed by atoms with van der Waals surface area (Å²) in [5.41, 5.74) is 7.03. The van der Waals surface area contributed by atoms with Crippen LogP contribution in [0.15, 0.2) is 36.4 Å². The Bertz CT molecular complexity index is 1490. The average molecular weight is 596 g/mol. The Morgan fingerprint density at radius 1 is 1.10 bits per heavy atom. The quantitative estimate of drug-likeness (QED) is 0.179. The van der Waals surface area contributed by atoms with Crippen LogP contribution >= 0.6 is 21.6 Å². The van der Waals surface area contributed by atoms with Gasteiger partial charge in [0.2, 0.25) is 0 Å². The third kappa shape index (κ3) is 5.17. The fourth-order valence-electron chi connectivity index (χ4n) is 6.13. The summed E-state index contributed by atoms with van der Waals surface area (Å²) in [7, 11) is 7.00. The number of ether oxygens (including phenoxy) is 4. The summed E-state index contributed by atoms with van der Waals surface area (Å²) < 4.78 is 24.2. The lowest BCUT2D eigenvalue weighted by Gasteiger charge is -2.30. The predicted octanol–water partition coefficient (Wildman–Crippen LogP) is 5.69. The summed E-state index contributed by atoms with van der Waals surface area (Å²) in [6.45, 7) is 2.63. The van der Waals surface area contributed by atoms with Crippen LogP contribution in [0.1, 0.15) is 52.7 Å². The minimum absolute atomic E-state index is 0.0912. The minimum Gasteiger partial charge on any atom is -0.508 e. The zero-order valence-corrected chi connectivity index (χ0v) is 24.8. The maximum Gasteiger partial charge on any atom is 0.302 e. The third-order valence-electron chi connectivity index (χ3n) is 7.94. The molecule has 3 aromatic rings. The summed E-state index contributed by atoms with van der Waals surface area (Å²) in [6, 6.07) is 11.3. The van der Waals surface area contributed by atoms with Gasteiger partial charge in [-0.2, -0.15) is 0 Å². The van der Waals surface area contributed by atoms with Gasteiger partial charge < -0.3 is 34.5 Å². The van der Waals surface area contributed by atoms with Crippen LogP contribution in [-0.4, -0.2) is 55.9 Å². The molecule has 10 heteroatoms. The first-order chi connectivity index (χ1) is 19.9. The van der Waals surface area contributed by atoms with Gasteiger partial charge in [-0.05, 0) is 48.4 Å². The summed E-state index contributed by atoms with van der Waals surface area (Å²) in [5.74, 6) is 3.17. The van der Waals surface area contributed by atoms with Crippen molar-refractivity contribution in [2.24, 2.45) is 0 Å². The van der Waals surface area contributed by atoms with Crippen molar-refractivity contribution in [3.05, 3.63) is 64.2 Å². The van der Waals surface area contributed by atoms with E-state index in [1.54, 1.807) is 40.8 Å². The van der Waals surface area contributed by atoms with Gasteiger partial charge in [-0.25, -0.2) is 0 Å². The molecule has 1 aliphatic carbocycles. The number of phenols is 2. The Morgan fingerprint density at radius 3 is 2.73 bits per heavy atom. The molecule has 0 aromatic heterocycles. The third-order valence-corrected chi connectivity index (χ3v) is 10.3. The van der Waals surface area contributed by atoms with Crippen LogP contribution in [0.3, 0.4) is 0 Å². The molecule has 3 N–H and O–H groups in total. The number of methoxy groups -OCH3 is 1. The van der Waals surface area contributed by atoms with Crippen LogP contribution in [0.4, 0.5) is 0 Å². The number of hydrogen-bond donors (Lipinski definition) is 3. The predicted molar refractivity (Wildman–Crippen MR) is 161 cm³/mol. The monoisotopic (exact) mass is 595 g/mol. The van der Waals surface area contributed by atoms with E-state index in [1.807, 2.05) is 19.2 Å². The standard InChI is InChI=1S/C31H33NO7S2/c1-16(33)38-13-24-21-4-5-22-28-17(9-20(34)11-27(28)36-3)8-19-15-41-40-14-18-10-25(35)26(37-7-6-32-2)12-23(18)30(24)39-31(21)29(19)22/h4-5,9-12,19,24,30,32,34-35H,6-8,13-15H2,1-3H3/t19-,24+,30-/m1/s1. The highest BCUT2D eigenvalue weighted by Crippen LogP contribution is 2.58. The Balaban J connectivity index is 1.52. The van der Waals surface area contributed by atoms with Crippen LogP contribution in [-0.2, 0) is 21.7 Å². The number of esters is 1. The molecule has 2 heterocycles. The molecule has 2 bridgehead atoms. The molecule has 3 atom stereocenters. The number of aromatic hydroxyl groups is 2. The summed E-state index contributed by atoms with van der Waals surface area (Å²) in [6.07, 6.45) is 0.294. The van der Waals surface area contributed by atoms with Crippen LogP contribution in [0.5, 0.6) is 28.7 Å². The Kier molecular flexibility index (Phi) is 7.89.